The average molecular weight is 396 g/mol. The van der Waals surface area contributed by atoms with Crippen molar-refractivity contribution in [1.29, 1.82) is 5.41 Å². The summed E-state index contributed by atoms with van der Waals surface area (Å²) >= 11 is 0. The summed E-state index contributed by atoms with van der Waals surface area (Å²) in [5, 5.41) is 8.72. The SMILES string of the molecule is CC.CCCCC(=N)C(CCCC)C1(C)C=CC(Cc2cc(C)ccc2C)=CC1. The van der Waals surface area contributed by atoms with Crippen LogP contribution >= 0.6 is 0 Å². The van der Waals surface area contributed by atoms with E-state index in [2.05, 4.69) is 71.0 Å². The van der Waals surface area contributed by atoms with Crippen LogP contribution in [0.5, 0.6) is 0 Å². The second-order valence-electron chi connectivity index (χ2n) is 8.75. The lowest BCUT2D eigenvalue weighted by Gasteiger charge is -2.37. The van der Waals surface area contributed by atoms with Gasteiger partial charge in [0.05, 0.1) is 0 Å². The summed E-state index contributed by atoms with van der Waals surface area (Å²) in [5.41, 5.74) is 6.66. The van der Waals surface area contributed by atoms with Gasteiger partial charge in [-0.15, -0.1) is 0 Å². The average Bonchev–Trinajstić information content (AvgIpc) is 2.72. The van der Waals surface area contributed by atoms with E-state index in [1.54, 1.807) is 0 Å². The topological polar surface area (TPSA) is 23.9 Å². The maximum Gasteiger partial charge on any atom is 0.0129 e. The molecule has 0 heterocycles. The normalized spacial score (nSPS) is 19.2. The number of allylic oxidation sites excluding steroid dienone is 4. The van der Waals surface area contributed by atoms with Crippen molar-refractivity contribution >= 4 is 5.71 Å². The van der Waals surface area contributed by atoms with E-state index < -0.39 is 0 Å². The molecular formula is C28H45N. The lowest BCUT2D eigenvalue weighted by Crippen LogP contribution is -2.32. The van der Waals surface area contributed by atoms with Gasteiger partial charge in [0.2, 0.25) is 0 Å². The predicted molar refractivity (Wildman–Crippen MR) is 131 cm³/mol. The van der Waals surface area contributed by atoms with Gasteiger partial charge >= 0.3 is 0 Å². The number of aryl methyl sites for hydroxylation is 2. The Bertz CT molecular complexity index is 694. The molecule has 2 rings (SSSR count). The molecule has 1 nitrogen and oxygen atoms in total. The van der Waals surface area contributed by atoms with Crippen molar-refractivity contribution in [3.8, 4) is 0 Å². The standard InChI is InChI=1S/C26H39N.C2H6/c1-6-8-10-24(25(27)11-9-7-2)26(5)16-14-22(15-17-26)19-23-18-20(3)12-13-21(23)4;1-2/h12-16,18,24,27H,6-11,17,19H2,1-5H3;1-2H3. The number of hydrogen-bond acceptors (Lipinski definition) is 1. The Balaban J connectivity index is 0.00000204. The van der Waals surface area contributed by atoms with Crippen LogP contribution in [-0.2, 0) is 6.42 Å². The molecule has 1 aromatic carbocycles. The minimum atomic E-state index is 0.102. The smallest absolute Gasteiger partial charge is 0.0129 e. The fourth-order valence-corrected chi connectivity index (χ4v) is 4.24. The molecule has 2 atom stereocenters. The van der Waals surface area contributed by atoms with Gasteiger partial charge in [-0.2, -0.15) is 0 Å². The third kappa shape index (κ3) is 7.61. The van der Waals surface area contributed by atoms with E-state index in [0.29, 0.717) is 5.92 Å². The Kier molecular flexibility index (Phi) is 11.2. The number of benzene rings is 1. The van der Waals surface area contributed by atoms with Gasteiger partial charge in [-0.25, -0.2) is 0 Å². The van der Waals surface area contributed by atoms with Gasteiger partial charge < -0.3 is 5.41 Å². The van der Waals surface area contributed by atoms with Crippen molar-refractivity contribution in [2.75, 3.05) is 0 Å². The Morgan fingerprint density at radius 3 is 2.38 bits per heavy atom. The van der Waals surface area contributed by atoms with E-state index in [1.807, 2.05) is 13.8 Å². The first kappa shape index (κ1) is 25.4. The zero-order valence-corrected chi connectivity index (χ0v) is 20.2. The highest BCUT2D eigenvalue weighted by Gasteiger charge is 2.34. The fourth-order valence-electron chi connectivity index (χ4n) is 4.24. The van der Waals surface area contributed by atoms with Crippen LogP contribution in [-0.4, -0.2) is 5.71 Å². The Morgan fingerprint density at radius 1 is 1.10 bits per heavy atom. The van der Waals surface area contributed by atoms with Gasteiger partial charge in [-0.1, -0.05) is 95.9 Å². The van der Waals surface area contributed by atoms with Crippen LogP contribution in [0.1, 0.15) is 96.3 Å². The van der Waals surface area contributed by atoms with Crippen LogP contribution in [0.15, 0.2) is 42.0 Å². The van der Waals surface area contributed by atoms with E-state index in [4.69, 9.17) is 5.41 Å². The summed E-state index contributed by atoms with van der Waals surface area (Å²) in [6.07, 6.45) is 16.2. The molecule has 0 aromatic heterocycles. The van der Waals surface area contributed by atoms with Crippen LogP contribution < -0.4 is 0 Å². The maximum absolute atomic E-state index is 8.72. The molecule has 162 valence electrons. The Morgan fingerprint density at radius 2 is 1.79 bits per heavy atom. The molecule has 2 unspecified atom stereocenters. The number of unbranched alkanes of at least 4 members (excludes halogenated alkanes) is 2. The van der Waals surface area contributed by atoms with Gasteiger partial charge in [0.25, 0.3) is 0 Å². The lowest BCUT2D eigenvalue weighted by molar-refractivity contribution is 0.301. The molecule has 0 fully saturated rings. The quantitative estimate of drug-likeness (QED) is 0.383. The summed E-state index contributed by atoms with van der Waals surface area (Å²) in [6.45, 7) is 15.2. The first-order valence-corrected chi connectivity index (χ1v) is 11.9. The molecule has 0 radical (unpaired) electrons. The van der Waals surface area contributed by atoms with Crippen LogP contribution in [0.4, 0.5) is 0 Å². The third-order valence-electron chi connectivity index (χ3n) is 6.24. The molecule has 0 aliphatic heterocycles. The summed E-state index contributed by atoms with van der Waals surface area (Å²) in [7, 11) is 0. The number of nitrogens with one attached hydrogen (secondary N) is 1. The molecule has 0 saturated heterocycles. The first-order chi connectivity index (χ1) is 13.9. The first-order valence-electron chi connectivity index (χ1n) is 11.9. The summed E-state index contributed by atoms with van der Waals surface area (Å²) < 4.78 is 0. The molecule has 0 saturated carbocycles. The highest BCUT2D eigenvalue weighted by molar-refractivity contribution is 5.85. The summed E-state index contributed by atoms with van der Waals surface area (Å²) in [5.74, 6) is 0.388. The second kappa shape index (κ2) is 12.8. The minimum absolute atomic E-state index is 0.102. The molecule has 1 heteroatoms. The van der Waals surface area contributed by atoms with Gasteiger partial charge in [0.1, 0.15) is 0 Å². The molecule has 29 heavy (non-hydrogen) atoms. The van der Waals surface area contributed by atoms with Crippen LogP contribution in [0.3, 0.4) is 0 Å². The minimum Gasteiger partial charge on any atom is -0.309 e. The van der Waals surface area contributed by atoms with Crippen molar-refractivity contribution in [1.82, 2.24) is 0 Å². The molecule has 1 N–H and O–H groups in total. The highest BCUT2D eigenvalue weighted by Crippen LogP contribution is 2.41. The highest BCUT2D eigenvalue weighted by atomic mass is 14.5. The molecule has 0 amide bonds. The van der Waals surface area contributed by atoms with E-state index in [-0.39, 0.29) is 5.41 Å². The Labute approximate surface area is 181 Å². The van der Waals surface area contributed by atoms with Crippen molar-refractivity contribution in [3.63, 3.8) is 0 Å². The molecule has 0 spiro atoms. The lowest BCUT2D eigenvalue weighted by atomic mass is 9.67. The molecule has 0 bridgehead atoms. The zero-order valence-electron chi connectivity index (χ0n) is 20.2. The Hall–Kier alpha value is -1.63. The monoisotopic (exact) mass is 395 g/mol. The zero-order chi connectivity index (χ0) is 21.9. The molecule has 1 aromatic rings. The van der Waals surface area contributed by atoms with Crippen LogP contribution in [0.2, 0.25) is 0 Å². The predicted octanol–water partition coefficient (Wildman–Crippen LogP) is 8.78. The van der Waals surface area contributed by atoms with Gasteiger partial charge in [-0.05, 0) is 68.1 Å². The van der Waals surface area contributed by atoms with E-state index in [1.165, 1.54) is 41.5 Å². The van der Waals surface area contributed by atoms with Crippen LogP contribution in [0.25, 0.3) is 0 Å². The number of rotatable bonds is 10. The summed E-state index contributed by atoms with van der Waals surface area (Å²) in [6, 6.07) is 6.75. The molecular weight excluding hydrogens is 350 g/mol. The molecule has 1 aliphatic carbocycles. The van der Waals surface area contributed by atoms with Crippen molar-refractivity contribution < 1.29 is 0 Å². The van der Waals surface area contributed by atoms with Crippen molar-refractivity contribution in [2.45, 2.75) is 99.8 Å². The number of hydrogen-bond donors (Lipinski definition) is 1. The van der Waals surface area contributed by atoms with Crippen molar-refractivity contribution in [3.05, 3.63) is 58.7 Å². The second-order valence-corrected chi connectivity index (χ2v) is 8.75. The summed E-state index contributed by atoms with van der Waals surface area (Å²) in [4.78, 5) is 0. The molecule has 1 aliphatic rings. The van der Waals surface area contributed by atoms with E-state index in [9.17, 15) is 0 Å². The van der Waals surface area contributed by atoms with Crippen LogP contribution in [0, 0.1) is 30.6 Å². The van der Waals surface area contributed by atoms with Gasteiger partial charge in [0.15, 0.2) is 0 Å². The van der Waals surface area contributed by atoms with Gasteiger partial charge in [0, 0.05) is 11.6 Å². The van der Waals surface area contributed by atoms with E-state index in [0.717, 1.165) is 37.8 Å². The van der Waals surface area contributed by atoms with Gasteiger partial charge in [-0.3, -0.25) is 0 Å². The maximum atomic E-state index is 8.72. The third-order valence-corrected chi connectivity index (χ3v) is 6.24. The van der Waals surface area contributed by atoms with Crippen molar-refractivity contribution in [2.24, 2.45) is 11.3 Å². The largest absolute Gasteiger partial charge is 0.309 e. The van der Waals surface area contributed by atoms with E-state index >= 15 is 0 Å². The fraction of sp³-hybridized carbons (Fsp3) is 0.607.